The van der Waals surface area contributed by atoms with E-state index in [1.54, 1.807) is 18.1 Å². The summed E-state index contributed by atoms with van der Waals surface area (Å²) < 4.78 is 16.4. The number of hydrogen-bond donors (Lipinski definition) is 0. The Labute approximate surface area is 160 Å². The number of rotatable bonds is 5. The molecular weight excluding hydrogens is 346 g/mol. The number of methoxy groups -OCH3 is 1. The Balaban J connectivity index is 1.67. The largest absolute Gasteiger partial charge is 0.493 e. The number of allylic oxidation sites excluding steroid dienone is 1. The van der Waals surface area contributed by atoms with E-state index >= 15 is 0 Å². The molecule has 0 aromatic heterocycles. The van der Waals surface area contributed by atoms with Crippen molar-refractivity contribution in [3.05, 3.63) is 29.3 Å². The molecule has 0 radical (unpaired) electrons. The molecule has 1 aliphatic carbocycles. The summed E-state index contributed by atoms with van der Waals surface area (Å²) in [5, 5.41) is 0. The van der Waals surface area contributed by atoms with Crippen LogP contribution in [0.25, 0.3) is 6.08 Å². The zero-order chi connectivity index (χ0) is 19.2. The van der Waals surface area contributed by atoms with Crippen LogP contribution < -0.4 is 9.47 Å². The van der Waals surface area contributed by atoms with Gasteiger partial charge in [0.1, 0.15) is 0 Å². The fraction of sp³-hybridized carbons (Fsp3) is 0.524. The predicted octanol–water partition coefficient (Wildman–Crippen LogP) is 2.71. The third kappa shape index (κ3) is 4.89. The molecule has 27 heavy (non-hydrogen) atoms. The number of Topliss-reactive ketones (excluding diaryl/α,β-unsaturated/α-hetero) is 1. The van der Waals surface area contributed by atoms with Crippen molar-refractivity contribution in [3.63, 3.8) is 0 Å². The molecule has 0 spiro atoms. The lowest BCUT2D eigenvalue weighted by Gasteiger charge is -2.26. The summed E-state index contributed by atoms with van der Waals surface area (Å²) in [6, 6.07) is 5.51. The highest BCUT2D eigenvalue weighted by molar-refractivity contribution is 6.01. The van der Waals surface area contributed by atoms with Gasteiger partial charge in [0.25, 0.3) is 5.91 Å². The van der Waals surface area contributed by atoms with Gasteiger partial charge in [-0.1, -0.05) is 13.0 Å². The van der Waals surface area contributed by atoms with Crippen LogP contribution in [-0.2, 0) is 14.3 Å². The Hall–Kier alpha value is -2.34. The van der Waals surface area contributed by atoms with Gasteiger partial charge in [-0.15, -0.1) is 0 Å². The zero-order valence-corrected chi connectivity index (χ0v) is 16.0. The highest BCUT2D eigenvalue weighted by atomic mass is 16.5. The first-order valence-electron chi connectivity index (χ1n) is 9.49. The van der Waals surface area contributed by atoms with E-state index in [0.717, 1.165) is 30.4 Å². The third-order valence-electron chi connectivity index (χ3n) is 5.09. The average molecular weight is 373 g/mol. The average Bonchev–Trinajstić information content (AvgIpc) is 2.70. The van der Waals surface area contributed by atoms with E-state index in [0.29, 0.717) is 37.8 Å². The van der Waals surface area contributed by atoms with Crippen LogP contribution in [0.1, 0.15) is 31.7 Å². The van der Waals surface area contributed by atoms with Gasteiger partial charge in [0, 0.05) is 19.0 Å². The minimum atomic E-state index is -0.0617. The van der Waals surface area contributed by atoms with Crippen LogP contribution in [0, 0.1) is 5.92 Å². The van der Waals surface area contributed by atoms with Crippen LogP contribution in [-0.4, -0.2) is 56.6 Å². The fourth-order valence-corrected chi connectivity index (χ4v) is 3.45. The maximum Gasteiger partial charge on any atom is 0.260 e. The van der Waals surface area contributed by atoms with Crippen molar-refractivity contribution in [1.29, 1.82) is 0 Å². The summed E-state index contributed by atoms with van der Waals surface area (Å²) >= 11 is 0. The number of carbonyl (C=O) groups is 2. The summed E-state index contributed by atoms with van der Waals surface area (Å²) in [6.07, 6.45) is 4.76. The third-order valence-corrected chi connectivity index (χ3v) is 5.09. The number of hydrogen-bond acceptors (Lipinski definition) is 5. The van der Waals surface area contributed by atoms with E-state index in [4.69, 9.17) is 14.2 Å². The molecule has 3 rings (SSSR count). The molecule has 0 unspecified atom stereocenters. The van der Waals surface area contributed by atoms with E-state index in [2.05, 4.69) is 0 Å². The fourth-order valence-electron chi connectivity index (χ4n) is 3.45. The maximum absolute atomic E-state index is 12.3. The Kier molecular flexibility index (Phi) is 6.50. The Morgan fingerprint density at radius 1 is 1.30 bits per heavy atom. The molecule has 1 amide bonds. The second kappa shape index (κ2) is 9.04. The van der Waals surface area contributed by atoms with Crippen LogP contribution in [0.4, 0.5) is 0 Å². The summed E-state index contributed by atoms with van der Waals surface area (Å²) in [5.74, 6) is 1.34. The van der Waals surface area contributed by atoms with Crippen molar-refractivity contribution in [3.8, 4) is 11.5 Å². The van der Waals surface area contributed by atoms with Crippen molar-refractivity contribution in [2.75, 3.05) is 40.0 Å². The first-order chi connectivity index (χ1) is 13.1. The highest BCUT2D eigenvalue weighted by Crippen LogP contribution is 2.31. The van der Waals surface area contributed by atoms with Gasteiger partial charge in [-0.2, -0.15) is 0 Å². The number of morpholine rings is 1. The number of carbonyl (C=O) groups excluding carboxylic acids is 2. The van der Waals surface area contributed by atoms with Gasteiger partial charge in [0.2, 0.25) is 0 Å². The van der Waals surface area contributed by atoms with Crippen LogP contribution in [0.15, 0.2) is 23.8 Å². The Morgan fingerprint density at radius 3 is 2.81 bits per heavy atom. The van der Waals surface area contributed by atoms with Gasteiger partial charge in [-0.3, -0.25) is 9.59 Å². The van der Waals surface area contributed by atoms with Crippen molar-refractivity contribution < 1.29 is 23.8 Å². The molecule has 1 heterocycles. The van der Waals surface area contributed by atoms with Crippen molar-refractivity contribution in [2.45, 2.75) is 26.2 Å². The van der Waals surface area contributed by atoms with Crippen molar-refractivity contribution in [1.82, 2.24) is 4.90 Å². The van der Waals surface area contributed by atoms with Crippen LogP contribution >= 0.6 is 0 Å². The standard InChI is InChI=1S/C21H27NO5/c1-15-4-3-5-17(21(15)24)12-16-6-7-18(19(13-16)25-2)27-14-20(23)22-8-10-26-11-9-22/h6-7,12-13,15H,3-5,8-11,14H2,1-2H3/b17-12+/t15-/m1/s1. The number of nitrogens with zero attached hydrogens (tertiary/aromatic N) is 1. The molecule has 1 atom stereocenters. The van der Waals surface area contributed by atoms with E-state index in [-0.39, 0.29) is 24.2 Å². The second-order valence-corrected chi connectivity index (χ2v) is 7.02. The molecule has 146 valence electrons. The predicted molar refractivity (Wildman–Crippen MR) is 102 cm³/mol. The minimum absolute atomic E-state index is 0.0349. The maximum atomic E-state index is 12.3. The lowest BCUT2D eigenvalue weighted by molar-refractivity contribution is -0.137. The van der Waals surface area contributed by atoms with E-state index in [1.165, 1.54) is 0 Å². The van der Waals surface area contributed by atoms with E-state index in [9.17, 15) is 9.59 Å². The SMILES string of the molecule is COc1cc(/C=C2\CCC[C@@H](C)C2=O)ccc1OCC(=O)N1CCOCC1. The second-order valence-electron chi connectivity index (χ2n) is 7.02. The molecule has 1 aliphatic heterocycles. The number of ketones is 1. The summed E-state index contributed by atoms with van der Waals surface area (Å²) in [7, 11) is 1.57. The molecule has 6 nitrogen and oxygen atoms in total. The smallest absolute Gasteiger partial charge is 0.260 e. The Morgan fingerprint density at radius 2 is 2.07 bits per heavy atom. The topological polar surface area (TPSA) is 65.1 Å². The number of amides is 1. The van der Waals surface area contributed by atoms with Gasteiger partial charge in [0.05, 0.1) is 20.3 Å². The summed E-state index contributed by atoms with van der Waals surface area (Å²) in [5.41, 5.74) is 1.77. The van der Waals surface area contributed by atoms with Gasteiger partial charge in [-0.05, 0) is 48.6 Å². The lowest BCUT2D eigenvalue weighted by atomic mass is 9.84. The molecule has 0 bridgehead atoms. The van der Waals surface area contributed by atoms with Crippen molar-refractivity contribution in [2.24, 2.45) is 5.92 Å². The molecular formula is C21H27NO5. The van der Waals surface area contributed by atoms with Crippen molar-refractivity contribution >= 4 is 17.8 Å². The van der Waals surface area contributed by atoms with Gasteiger partial charge >= 0.3 is 0 Å². The van der Waals surface area contributed by atoms with E-state index < -0.39 is 0 Å². The Bertz CT molecular complexity index is 721. The van der Waals surface area contributed by atoms with Crippen LogP contribution in [0.5, 0.6) is 11.5 Å². The van der Waals surface area contributed by atoms with Gasteiger partial charge in [-0.25, -0.2) is 0 Å². The molecule has 1 saturated heterocycles. The van der Waals surface area contributed by atoms with E-state index in [1.807, 2.05) is 25.1 Å². The molecule has 1 aromatic rings. The molecule has 1 aromatic carbocycles. The first kappa shape index (κ1) is 19.4. The number of ether oxygens (including phenoxy) is 3. The summed E-state index contributed by atoms with van der Waals surface area (Å²) in [6.45, 7) is 4.27. The quantitative estimate of drug-likeness (QED) is 0.743. The molecule has 6 heteroatoms. The lowest BCUT2D eigenvalue weighted by Crippen LogP contribution is -2.43. The van der Waals surface area contributed by atoms with Crippen LogP contribution in [0.2, 0.25) is 0 Å². The minimum Gasteiger partial charge on any atom is -0.493 e. The molecule has 0 N–H and O–H groups in total. The first-order valence-corrected chi connectivity index (χ1v) is 9.49. The molecule has 1 saturated carbocycles. The number of benzene rings is 1. The monoisotopic (exact) mass is 373 g/mol. The highest BCUT2D eigenvalue weighted by Gasteiger charge is 2.22. The zero-order valence-electron chi connectivity index (χ0n) is 16.0. The summed E-state index contributed by atoms with van der Waals surface area (Å²) in [4.78, 5) is 26.3. The van der Waals surface area contributed by atoms with Gasteiger partial charge in [0.15, 0.2) is 23.9 Å². The van der Waals surface area contributed by atoms with Gasteiger partial charge < -0.3 is 19.1 Å². The normalized spacial score (nSPS) is 22.0. The molecule has 2 aliphatic rings. The van der Waals surface area contributed by atoms with Crippen LogP contribution in [0.3, 0.4) is 0 Å². The molecule has 2 fully saturated rings.